The minimum atomic E-state index is -1.000. The second kappa shape index (κ2) is 9.11. The van der Waals surface area contributed by atoms with Gasteiger partial charge in [0.05, 0.1) is 42.1 Å². The van der Waals surface area contributed by atoms with Crippen LogP contribution in [0.5, 0.6) is 17.2 Å². The van der Waals surface area contributed by atoms with Crippen molar-refractivity contribution in [3.8, 4) is 17.2 Å². The Morgan fingerprint density at radius 2 is 1.62 bits per heavy atom. The Morgan fingerprint density at radius 1 is 0.971 bits per heavy atom. The lowest BCUT2D eigenvalue weighted by atomic mass is 9.92. The number of phenolic OH excluding ortho intramolecular Hbond substituents is 1. The standard InChI is InChI=1S/C26H22ClNO6/c1-14-8-4-5-9-15(14)23-22(24(30)16-12-17(27)21(34-3)13-20(16)33-2)25(31)26(32)28(23)18-10-6-7-11-19(18)29/h4-13,23,29-30H,1-3H3/b24-22+. The molecule has 0 aromatic heterocycles. The fraction of sp³-hybridized carbons (Fsp3) is 0.154. The number of ether oxygens (including phenoxy) is 2. The first-order chi connectivity index (χ1) is 16.3. The number of amides is 1. The molecule has 2 N–H and O–H groups in total. The molecule has 1 unspecified atom stereocenters. The van der Waals surface area contributed by atoms with E-state index in [4.69, 9.17) is 21.1 Å². The van der Waals surface area contributed by atoms with Crippen molar-refractivity contribution in [2.24, 2.45) is 0 Å². The molecule has 1 aliphatic rings. The molecule has 174 valence electrons. The number of Topliss-reactive ketones (excluding diaryl/α,β-unsaturated/α-hetero) is 1. The van der Waals surface area contributed by atoms with E-state index in [1.54, 1.807) is 24.3 Å². The number of carbonyl (C=O) groups is 2. The van der Waals surface area contributed by atoms with Crippen molar-refractivity contribution in [2.75, 3.05) is 19.1 Å². The van der Waals surface area contributed by atoms with E-state index in [1.165, 1.54) is 43.4 Å². The molecule has 3 aromatic carbocycles. The highest BCUT2D eigenvalue weighted by Crippen LogP contribution is 2.47. The summed E-state index contributed by atoms with van der Waals surface area (Å²) in [6.45, 7) is 1.84. The minimum absolute atomic E-state index is 0.127. The number of methoxy groups -OCH3 is 2. The van der Waals surface area contributed by atoms with Crippen LogP contribution in [0.3, 0.4) is 0 Å². The number of hydrogen-bond donors (Lipinski definition) is 2. The Hall–Kier alpha value is -3.97. The molecule has 1 aliphatic heterocycles. The monoisotopic (exact) mass is 479 g/mol. The zero-order valence-corrected chi connectivity index (χ0v) is 19.5. The lowest BCUT2D eigenvalue weighted by Crippen LogP contribution is -2.29. The third-order valence-corrected chi connectivity index (χ3v) is 6.09. The Balaban J connectivity index is 2.03. The van der Waals surface area contributed by atoms with E-state index < -0.39 is 23.5 Å². The Morgan fingerprint density at radius 3 is 2.26 bits per heavy atom. The molecule has 0 aliphatic carbocycles. The molecule has 1 amide bonds. The number of hydrogen-bond acceptors (Lipinski definition) is 6. The lowest BCUT2D eigenvalue weighted by Gasteiger charge is -2.27. The number of phenols is 1. The van der Waals surface area contributed by atoms with Crippen molar-refractivity contribution < 1.29 is 29.3 Å². The highest BCUT2D eigenvalue weighted by molar-refractivity contribution is 6.52. The van der Waals surface area contributed by atoms with E-state index in [-0.39, 0.29) is 33.3 Å². The van der Waals surface area contributed by atoms with Crippen LogP contribution < -0.4 is 14.4 Å². The maximum Gasteiger partial charge on any atom is 0.300 e. The average Bonchev–Trinajstić information content (AvgIpc) is 3.09. The molecule has 4 rings (SSSR count). The van der Waals surface area contributed by atoms with Crippen molar-refractivity contribution in [1.29, 1.82) is 0 Å². The number of aliphatic hydroxyl groups is 1. The van der Waals surface area contributed by atoms with Crippen LogP contribution in [0.1, 0.15) is 22.7 Å². The topological polar surface area (TPSA) is 96.3 Å². The first-order valence-corrected chi connectivity index (χ1v) is 10.7. The summed E-state index contributed by atoms with van der Waals surface area (Å²) in [7, 11) is 2.84. The van der Waals surface area contributed by atoms with Crippen molar-refractivity contribution in [2.45, 2.75) is 13.0 Å². The van der Waals surface area contributed by atoms with Gasteiger partial charge in [0.2, 0.25) is 0 Å². The van der Waals surface area contributed by atoms with Gasteiger partial charge in [0.15, 0.2) is 0 Å². The normalized spacial score (nSPS) is 17.2. The number of para-hydroxylation sites is 2. The van der Waals surface area contributed by atoms with Gasteiger partial charge >= 0.3 is 0 Å². The zero-order valence-electron chi connectivity index (χ0n) is 18.7. The van der Waals surface area contributed by atoms with Gasteiger partial charge in [-0.2, -0.15) is 0 Å². The molecular formula is C26H22ClNO6. The molecule has 0 radical (unpaired) electrons. The molecule has 34 heavy (non-hydrogen) atoms. The SMILES string of the molecule is COc1cc(OC)c(/C(O)=C2\C(=O)C(=O)N(c3ccccc3O)C2c2ccccc2C)cc1Cl. The van der Waals surface area contributed by atoms with Crippen LogP contribution in [0.15, 0.2) is 66.2 Å². The predicted octanol–water partition coefficient (Wildman–Crippen LogP) is 5.00. The summed E-state index contributed by atoms with van der Waals surface area (Å²) in [5.41, 5.74) is 1.53. The number of nitrogens with zero attached hydrogens (tertiary/aromatic N) is 1. The summed E-state index contributed by atoms with van der Waals surface area (Å²) < 4.78 is 10.6. The molecule has 8 heteroatoms. The molecule has 1 fully saturated rings. The molecular weight excluding hydrogens is 458 g/mol. The quantitative estimate of drug-likeness (QED) is 0.304. The highest BCUT2D eigenvalue weighted by Gasteiger charge is 2.48. The summed E-state index contributed by atoms with van der Waals surface area (Å²) in [6, 6.07) is 15.3. The maximum atomic E-state index is 13.3. The van der Waals surface area contributed by atoms with E-state index in [2.05, 4.69) is 0 Å². The van der Waals surface area contributed by atoms with E-state index in [0.717, 1.165) is 5.56 Å². The van der Waals surface area contributed by atoms with E-state index >= 15 is 0 Å². The predicted molar refractivity (Wildman–Crippen MR) is 129 cm³/mol. The van der Waals surface area contributed by atoms with Crippen LogP contribution in [0.25, 0.3) is 5.76 Å². The molecule has 7 nitrogen and oxygen atoms in total. The summed E-state index contributed by atoms with van der Waals surface area (Å²) in [5.74, 6) is -1.88. The number of rotatable bonds is 5. The van der Waals surface area contributed by atoms with Crippen LogP contribution in [0.2, 0.25) is 5.02 Å². The third-order valence-electron chi connectivity index (χ3n) is 5.80. The van der Waals surface area contributed by atoms with Gasteiger partial charge in [-0.3, -0.25) is 14.5 Å². The minimum Gasteiger partial charge on any atom is -0.507 e. The fourth-order valence-corrected chi connectivity index (χ4v) is 4.37. The van der Waals surface area contributed by atoms with Crippen LogP contribution in [0.4, 0.5) is 5.69 Å². The fourth-order valence-electron chi connectivity index (χ4n) is 4.13. The Labute approximate surface area is 201 Å². The molecule has 0 bridgehead atoms. The number of halogens is 1. The number of aryl methyl sites for hydroxylation is 1. The molecule has 1 saturated heterocycles. The number of ketones is 1. The van der Waals surface area contributed by atoms with Gasteiger partial charge in [-0.25, -0.2) is 0 Å². The van der Waals surface area contributed by atoms with Crippen molar-refractivity contribution in [1.82, 2.24) is 0 Å². The first kappa shape index (κ1) is 23.2. The maximum absolute atomic E-state index is 13.3. The van der Waals surface area contributed by atoms with Gasteiger partial charge in [-0.1, -0.05) is 48.0 Å². The number of anilines is 1. The molecule has 0 spiro atoms. The third kappa shape index (κ3) is 3.74. The van der Waals surface area contributed by atoms with E-state index in [9.17, 15) is 19.8 Å². The van der Waals surface area contributed by atoms with Gasteiger partial charge in [0, 0.05) is 6.07 Å². The van der Waals surface area contributed by atoms with Crippen LogP contribution >= 0.6 is 11.6 Å². The van der Waals surface area contributed by atoms with Crippen molar-refractivity contribution in [3.63, 3.8) is 0 Å². The molecule has 0 saturated carbocycles. The van der Waals surface area contributed by atoms with Gasteiger partial charge in [0.1, 0.15) is 23.0 Å². The van der Waals surface area contributed by atoms with Crippen LogP contribution in [0, 0.1) is 6.92 Å². The molecule has 1 heterocycles. The number of aliphatic hydroxyl groups excluding tert-OH is 1. The zero-order chi connectivity index (χ0) is 24.6. The van der Waals surface area contributed by atoms with Gasteiger partial charge in [-0.05, 0) is 36.2 Å². The van der Waals surface area contributed by atoms with E-state index in [0.29, 0.717) is 11.3 Å². The lowest BCUT2D eigenvalue weighted by molar-refractivity contribution is -0.132. The summed E-state index contributed by atoms with van der Waals surface area (Å²) in [6.07, 6.45) is 0. The molecule has 1 atom stereocenters. The number of aromatic hydroxyl groups is 1. The number of benzene rings is 3. The van der Waals surface area contributed by atoms with Crippen molar-refractivity contribution in [3.05, 3.63) is 87.9 Å². The molecule has 3 aromatic rings. The van der Waals surface area contributed by atoms with Crippen LogP contribution in [-0.2, 0) is 9.59 Å². The highest BCUT2D eigenvalue weighted by atomic mass is 35.5. The summed E-state index contributed by atoms with van der Waals surface area (Å²) >= 11 is 6.29. The second-order valence-corrected chi connectivity index (χ2v) is 8.11. The average molecular weight is 480 g/mol. The Kier molecular flexibility index (Phi) is 6.22. The second-order valence-electron chi connectivity index (χ2n) is 7.70. The van der Waals surface area contributed by atoms with Crippen LogP contribution in [-0.4, -0.2) is 36.1 Å². The summed E-state index contributed by atoms with van der Waals surface area (Å²) in [4.78, 5) is 27.8. The number of carbonyl (C=O) groups excluding carboxylic acids is 2. The smallest absolute Gasteiger partial charge is 0.300 e. The Bertz CT molecular complexity index is 1330. The largest absolute Gasteiger partial charge is 0.507 e. The van der Waals surface area contributed by atoms with Gasteiger partial charge in [0.25, 0.3) is 11.7 Å². The van der Waals surface area contributed by atoms with Crippen molar-refractivity contribution >= 4 is 34.7 Å². The van der Waals surface area contributed by atoms with E-state index in [1.807, 2.05) is 19.1 Å². The first-order valence-electron chi connectivity index (χ1n) is 10.4. The summed E-state index contributed by atoms with van der Waals surface area (Å²) in [5, 5.41) is 22.1. The van der Waals surface area contributed by atoms with Gasteiger partial charge in [-0.15, -0.1) is 0 Å². The van der Waals surface area contributed by atoms with Gasteiger partial charge < -0.3 is 19.7 Å².